The standard InChI is InChI=1S/C28H23N3O2.C9H8N2/c1-2-3-12-22-21-15-14-20-19-13-8-7-11-18(19)16-23(17-9-5-4-6-10-17)24(20)25(21)28(33)26(27(22)32)30-31-29;1-2-5-9-8(4-1)10-6-3-7-11-9/h4-11,13-16,23,26H,2-3,12H2,1H3;1-7,10H. The first-order valence-electron chi connectivity index (χ1n) is 14.8. The molecule has 44 heavy (non-hydrogen) atoms. The summed E-state index contributed by atoms with van der Waals surface area (Å²) in [5.41, 5.74) is 14.2. The number of benzene rings is 4. The van der Waals surface area contributed by atoms with Crippen LogP contribution in [0.2, 0.25) is 0 Å². The fourth-order valence-corrected chi connectivity index (χ4v) is 6.10. The maximum Gasteiger partial charge on any atom is 0.180 e. The van der Waals surface area contributed by atoms with Crippen LogP contribution in [0.5, 0.6) is 0 Å². The Labute approximate surface area is 254 Å². The second kappa shape index (κ2) is 12.8. The van der Waals surface area contributed by atoms with Gasteiger partial charge in [0.1, 0.15) is 0 Å². The molecule has 7 heteroatoms. The summed E-state index contributed by atoms with van der Waals surface area (Å²) in [6, 6.07) is 28.8. The quantitative estimate of drug-likeness (QED) is 0.119. The molecule has 7 rings (SSSR count). The molecule has 0 radical (unpaired) electrons. The minimum absolute atomic E-state index is 0.151. The van der Waals surface area contributed by atoms with E-state index < -0.39 is 11.8 Å². The summed E-state index contributed by atoms with van der Waals surface area (Å²) in [5.74, 6) is -0.920. The zero-order valence-corrected chi connectivity index (χ0v) is 24.4. The van der Waals surface area contributed by atoms with Crippen molar-refractivity contribution in [1.82, 2.24) is 0 Å². The van der Waals surface area contributed by atoms with Crippen molar-refractivity contribution in [2.75, 3.05) is 5.32 Å². The number of ketones is 2. The molecule has 0 spiro atoms. The summed E-state index contributed by atoms with van der Waals surface area (Å²) < 4.78 is 0. The van der Waals surface area contributed by atoms with Gasteiger partial charge in [0, 0.05) is 34.4 Å². The topological polar surface area (TPSA) is 107 Å². The van der Waals surface area contributed by atoms with Crippen LogP contribution in [-0.4, -0.2) is 23.8 Å². The molecule has 0 aromatic heterocycles. The third kappa shape index (κ3) is 5.37. The van der Waals surface area contributed by atoms with Gasteiger partial charge in [-0.05, 0) is 68.6 Å². The van der Waals surface area contributed by atoms with Gasteiger partial charge in [0.2, 0.25) is 0 Å². The van der Waals surface area contributed by atoms with Crippen molar-refractivity contribution < 1.29 is 9.59 Å². The normalized spacial score (nSPS) is 17.2. The average Bonchev–Trinajstić information content (AvgIpc) is 3.32. The summed E-state index contributed by atoms with van der Waals surface area (Å²) >= 11 is 0. The number of nitrogens with one attached hydrogen (secondary N) is 1. The third-order valence-corrected chi connectivity index (χ3v) is 8.16. The van der Waals surface area contributed by atoms with Crippen molar-refractivity contribution in [2.24, 2.45) is 10.1 Å². The number of para-hydroxylation sites is 2. The molecule has 4 aromatic carbocycles. The van der Waals surface area contributed by atoms with Gasteiger partial charge in [-0.2, -0.15) is 0 Å². The summed E-state index contributed by atoms with van der Waals surface area (Å²) in [4.78, 5) is 33.9. The Morgan fingerprint density at radius 1 is 0.864 bits per heavy atom. The maximum absolute atomic E-state index is 13.7. The molecule has 3 aliphatic rings. The average molecular weight is 578 g/mol. The lowest BCUT2D eigenvalue weighted by molar-refractivity contribution is -0.114. The zero-order chi connectivity index (χ0) is 30.5. The molecule has 4 aromatic rings. The second-order valence-corrected chi connectivity index (χ2v) is 10.8. The van der Waals surface area contributed by atoms with Gasteiger partial charge in [0.25, 0.3) is 0 Å². The Balaban J connectivity index is 0.000000261. The molecule has 0 fully saturated rings. The molecule has 2 atom stereocenters. The Hall–Kier alpha value is -5.52. The van der Waals surface area contributed by atoms with Gasteiger partial charge in [0.05, 0.1) is 11.4 Å². The molecule has 0 bridgehead atoms. The summed E-state index contributed by atoms with van der Waals surface area (Å²) in [6.07, 6.45) is 10.0. The first-order valence-corrected chi connectivity index (χ1v) is 14.8. The van der Waals surface area contributed by atoms with Gasteiger partial charge in [-0.25, -0.2) is 0 Å². The number of allylic oxidation sites excluding steroid dienone is 1. The van der Waals surface area contributed by atoms with Gasteiger partial charge in [-0.1, -0.05) is 103 Å². The molecule has 2 unspecified atom stereocenters. The summed E-state index contributed by atoms with van der Waals surface area (Å²) in [5, 5.41) is 10.6. The van der Waals surface area contributed by atoms with E-state index in [1.165, 1.54) is 0 Å². The highest BCUT2D eigenvalue weighted by Gasteiger charge is 2.37. The summed E-state index contributed by atoms with van der Waals surface area (Å²) in [6.45, 7) is 2.06. The van der Waals surface area contributed by atoms with Crippen LogP contribution in [0.4, 0.5) is 11.4 Å². The van der Waals surface area contributed by atoms with Crippen LogP contribution < -0.4 is 15.8 Å². The van der Waals surface area contributed by atoms with Crippen molar-refractivity contribution in [2.45, 2.75) is 38.1 Å². The van der Waals surface area contributed by atoms with Gasteiger partial charge >= 0.3 is 0 Å². The molecule has 2 aliphatic carbocycles. The molecule has 0 amide bonds. The van der Waals surface area contributed by atoms with E-state index in [0.29, 0.717) is 22.8 Å². The van der Waals surface area contributed by atoms with E-state index in [4.69, 9.17) is 5.53 Å². The molecule has 216 valence electrons. The van der Waals surface area contributed by atoms with Crippen LogP contribution in [0.3, 0.4) is 0 Å². The molecule has 7 nitrogen and oxygen atoms in total. The van der Waals surface area contributed by atoms with Crippen molar-refractivity contribution in [3.8, 4) is 0 Å². The van der Waals surface area contributed by atoms with Crippen LogP contribution in [0.1, 0.15) is 53.6 Å². The van der Waals surface area contributed by atoms with Crippen molar-refractivity contribution in [3.63, 3.8) is 0 Å². The van der Waals surface area contributed by atoms with Gasteiger partial charge in [-0.15, -0.1) is 0 Å². The van der Waals surface area contributed by atoms with Crippen molar-refractivity contribution in [3.05, 3.63) is 151 Å². The van der Waals surface area contributed by atoms with Gasteiger partial charge in [0.15, 0.2) is 17.6 Å². The second-order valence-electron chi connectivity index (χ2n) is 10.8. The Kier molecular flexibility index (Phi) is 8.30. The van der Waals surface area contributed by atoms with E-state index >= 15 is 0 Å². The van der Waals surface area contributed by atoms with Gasteiger partial charge < -0.3 is 5.32 Å². The molecular formula is C37H31N5O2. The number of fused-ring (bicyclic) bond motifs is 5. The highest BCUT2D eigenvalue weighted by molar-refractivity contribution is 6.32. The number of unbranched alkanes of at least 4 members (excludes halogenated alkanes) is 1. The van der Waals surface area contributed by atoms with Crippen LogP contribution in [0.15, 0.2) is 113 Å². The van der Waals surface area contributed by atoms with Crippen molar-refractivity contribution >= 4 is 40.8 Å². The van der Waals surface area contributed by atoms with Crippen LogP contribution >= 0.6 is 0 Å². The highest BCUT2D eigenvalue weighted by atomic mass is 16.2. The van der Waals surface area contributed by atoms with E-state index in [0.717, 1.165) is 51.0 Å². The molecule has 1 heterocycles. The Morgan fingerprint density at radius 2 is 1.61 bits per heavy atom. The molecule has 1 N–H and O–H groups in total. The fourth-order valence-electron chi connectivity index (χ4n) is 6.10. The fraction of sp³-hybridized carbons (Fsp3) is 0.162. The third-order valence-electron chi connectivity index (χ3n) is 8.16. The van der Waals surface area contributed by atoms with Crippen LogP contribution in [0.25, 0.3) is 22.1 Å². The Bertz CT molecular complexity index is 2090. The maximum atomic E-state index is 13.7. The number of nitrogens with zero attached hydrogens (tertiary/aromatic N) is 4. The van der Waals surface area contributed by atoms with Crippen molar-refractivity contribution in [1.29, 1.82) is 0 Å². The predicted octanol–water partition coefficient (Wildman–Crippen LogP) is 7.01. The summed E-state index contributed by atoms with van der Waals surface area (Å²) in [7, 11) is 0. The smallest absolute Gasteiger partial charge is 0.180 e. The lowest BCUT2D eigenvalue weighted by Gasteiger charge is -2.26. The number of rotatable bonds is 5. The monoisotopic (exact) mass is 577 g/mol. The van der Waals surface area contributed by atoms with E-state index in [9.17, 15) is 9.59 Å². The van der Waals surface area contributed by atoms with E-state index in [2.05, 4.69) is 57.6 Å². The number of aliphatic imine (C=N–C) groups is 1. The number of anilines is 1. The van der Waals surface area contributed by atoms with Gasteiger partial charge in [-0.3, -0.25) is 14.6 Å². The minimum atomic E-state index is -1.34. The molecular weight excluding hydrogens is 546 g/mol. The Morgan fingerprint density at radius 3 is 2.43 bits per heavy atom. The highest BCUT2D eigenvalue weighted by Crippen LogP contribution is 2.33. The number of Topliss-reactive ketones (excluding diaryl/α,β-unsaturated/α-hetero) is 2. The predicted molar refractivity (Wildman–Crippen MR) is 175 cm³/mol. The van der Waals surface area contributed by atoms with Crippen LogP contribution in [0, 0.1) is 10.4 Å². The minimum Gasteiger partial charge on any atom is -0.360 e. The van der Waals surface area contributed by atoms with Crippen LogP contribution in [-0.2, 0) is 4.79 Å². The molecule has 0 saturated heterocycles. The van der Waals surface area contributed by atoms with E-state index in [1.807, 2.05) is 79.0 Å². The number of carbonyl (C=O) groups excluding carboxylic acids is 2. The lowest BCUT2D eigenvalue weighted by atomic mass is 9.76. The largest absolute Gasteiger partial charge is 0.360 e. The number of hydrogen-bond donors (Lipinski definition) is 1. The van der Waals surface area contributed by atoms with E-state index in [1.54, 1.807) is 6.21 Å². The first-order chi connectivity index (χ1) is 21.6. The van der Waals surface area contributed by atoms with E-state index in [-0.39, 0.29) is 11.7 Å². The lowest BCUT2D eigenvalue weighted by Crippen LogP contribution is -2.41. The number of carbonyl (C=O) groups is 2. The molecule has 0 saturated carbocycles. The number of azide groups is 1. The zero-order valence-electron chi connectivity index (χ0n) is 24.4. The SMILES string of the molecule is C1=CNc2ccccc2N=C1.CCCCC1=c2ccc3c(c2C(=O)C(N=[N+]=[N-])C1=O)C(c1ccccc1)C=c1ccccc1=3. The first kappa shape index (κ1) is 28.6. The molecule has 1 aliphatic heterocycles. The number of hydrogen-bond acceptors (Lipinski definition) is 5.